The minimum absolute atomic E-state index is 0.00600. The largest absolute Gasteiger partial charge is 0.342 e. The van der Waals surface area contributed by atoms with Crippen molar-refractivity contribution in [2.75, 3.05) is 19.6 Å². The molecule has 3 aromatic rings. The van der Waals surface area contributed by atoms with E-state index in [4.69, 9.17) is 4.98 Å². The van der Waals surface area contributed by atoms with Gasteiger partial charge in [0.15, 0.2) is 0 Å². The van der Waals surface area contributed by atoms with Crippen LogP contribution in [-0.2, 0) is 6.54 Å². The molecule has 4 rings (SSSR count). The van der Waals surface area contributed by atoms with Gasteiger partial charge in [0.1, 0.15) is 5.82 Å². The minimum atomic E-state index is 0.00600. The lowest BCUT2D eigenvalue weighted by molar-refractivity contribution is 0.178. The zero-order valence-corrected chi connectivity index (χ0v) is 16.8. The number of fused-ring (bicyclic) bond motifs is 1. The number of aromatic nitrogens is 4. The van der Waals surface area contributed by atoms with Crippen LogP contribution in [0, 0.1) is 20.8 Å². The number of hydrogen-bond acceptors (Lipinski definition) is 3. The molecule has 1 aliphatic rings. The Bertz CT molecular complexity index is 988. The van der Waals surface area contributed by atoms with Gasteiger partial charge in [0.05, 0.1) is 23.1 Å². The van der Waals surface area contributed by atoms with Crippen LogP contribution in [0.15, 0.2) is 24.5 Å². The normalized spacial score (nSPS) is 17.2. The topological polar surface area (TPSA) is 78.8 Å². The van der Waals surface area contributed by atoms with E-state index in [-0.39, 0.29) is 11.9 Å². The van der Waals surface area contributed by atoms with Gasteiger partial charge in [-0.25, -0.2) is 14.8 Å². The van der Waals surface area contributed by atoms with Crippen molar-refractivity contribution in [1.82, 2.24) is 29.7 Å². The standard InChI is InChI=1S/C21H28N6O/c1-14-6-4-8-18-19(14)25-20(24-18)17-7-5-10-26(12-17)21(28)22-9-11-27-13-23-15(2)16(27)3/h4,6,8,13,17H,5,7,9-12H2,1-3H3,(H,22,28)(H,24,25)/t17-/m1/s1. The van der Waals surface area contributed by atoms with Crippen LogP contribution in [0.5, 0.6) is 0 Å². The average Bonchev–Trinajstić information content (AvgIpc) is 3.28. The van der Waals surface area contributed by atoms with Gasteiger partial charge in [0.25, 0.3) is 0 Å². The second-order valence-corrected chi connectivity index (χ2v) is 7.72. The van der Waals surface area contributed by atoms with Crippen molar-refractivity contribution in [2.24, 2.45) is 0 Å². The van der Waals surface area contributed by atoms with Crippen molar-refractivity contribution in [3.8, 4) is 0 Å². The SMILES string of the molecule is Cc1ncn(CCNC(=O)N2CCC[C@@H](c3nc4c(C)cccc4[nH]3)C2)c1C. The Morgan fingerprint density at radius 2 is 2.18 bits per heavy atom. The predicted molar refractivity (Wildman–Crippen MR) is 109 cm³/mol. The van der Waals surface area contributed by atoms with E-state index in [0.29, 0.717) is 13.1 Å². The van der Waals surface area contributed by atoms with Crippen LogP contribution in [-0.4, -0.2) is 50.1 Å². The van der Waals surface area contributed by atoms with E-state index >= 15 is 0 Å². The Kier molecular flexibility index (Phi) is 5.07. The second kappa shape index (κ2) is 7.66. The van der Waals surface area contributed by atoms with Crippen LogP contribution in [0.4, 0.5) is 4.79 Å². The first-order chi connectivity index (χ1) is 13.5. The maximum Gasteiger partial charge on any atom is 0.317 e. The van der Waals surface area contributed by atoms with Crippen LogP contribution in [0.1, 0.15) is 41.5 Å². The Hall–Kier alpha value is -2.83. The Morgan fingerprint density at radius 3 is 2.93 bits per heavy atom. The smallest absolute Gasteiger partial charge is 0.317 e. The number of aromatic amines is 1. The van der Waals surface area contributed by atoms with Crippen molar-refractivity contribution in [1.29, 1.82) is 0 Å². The number of nitrogens with zero attached hydrogens (tertiary/aromatic N) is 4. The van der Waals surface area contributed by atoms with Gasteiger partial charge in [0.2, 0.25) is 0 Å². The minimum Gasteiger partial charge on any atom is -0.342 e. The van der Waals surface area contributed by atoms with Gasteiger partial charge >= 0.3 is 6.03 Å². The fourth-order valence-corrected chi connectivity index (χ4v) is 3.94. The fraction of sp³-hybridized carbons (Fsp3) is 0.476. The molecule has 148 valence electrons. The zero-order valence-electron chi connectivity index (χ0n) is 16.8. The second-order valence-electron chi connectivity index (χ2n) is 7.72. The van der Waals surface area contributed by atoms with Crippen LogP contribution in [0.2, 0.25) is 0 Å². The van der Waals surface area contributed by atoms with Gasteiger partial charge in [0, 0.05) is 37.8 Å². The average molecular weight is 380 g/mol. The van der Waals surface area contributed by atoms with E-state index < -0.39 is 0 Å². The van der Waals surface area contributed by atoms with E-state index in [1.807, 2.05) is 24.2 Å². The molecule has 2 amide bonds. The number of urea groups is 1. The number of piperidine rings is 1. The third kappa shape index (κ3) is 3.61. The predicted octanol–water partition coefficient (Wildman–Crippen LogP) is 3.27. The van der Waals surface area contributed by atoms with Crippen LogP contribution >= 0.6 is 0 Å². The summed E-state index contributed by atoms with van der Waals surface area (Å²) >= 11 is 0. The number of H-pyrrole nitrogens is 1. The van der Waals surface area contributed by atoms with E-state index in [0.717, 1.165) is 54.2 Å². The molecule has 1 aliphatic heterocycles. The monoisotopic (exact) mass is 380 g/mol. The molecule has 0 bridgehead atoms. The number of benzene rings is 1. The highest BCUT2D eigenvalue weighted by Gasteiger charge is 2.26. The molecular weight excluding hydrogens is 352 g/mol. The van der Waals surface area contributed by atoms with Crippen molar-refractivity contribution in [3.63, 3.8) is 0 Å². The molecule has 3 heterocycles. The molecule has 7 heteroatoms. The first-order valence-electron chi connectivity index (χ1n) is 9.99. The maximum atomic E-state index is 12.6. The van der Waals surface area contributed by atoms with E-state index in [9.17, 15) is 4.79 Å². The number of carbonyl (C=O) groups excluding carboxylic acids is 1. The van der Waals surface area contributed by atoms with E-state index in [1.54, 1.807) is 0 Å². The van der Waals surface area contributed by atoms with E-state index in [2.05, 4.69) is 45.8 Å². The summed E-state index contributed by atoms with van der Waals surface area (Å²) in [4.78, 5) is 27.1. The molecule has 0 aliphatic carbocycles. The number of aryl methyl sites for hydroxylation is 2. The molecule has 2 N–H and O–H groups in total. The highest BCUT2D eigenvalue weighted by Crippen LogP contribution is 2.27. The highest BCUT2D eigenvalue weighted by atomic mass is 16.2. The molecule has 0 unspecified atom stereocenters. The number of para-hydroxylation sites is 1. The fourth-order valence-electron chi connectivity index (χ4n) is 3.94. The highest BCUT2D eigenvalue weighted by molar-refractivity contribution is 5.78. The number of likely N-dealkylation sites (tertiary alicyclic amines) is 1. The summed E-state index contributed by atoms with van der Waals surface area (Å²) in [7, 11) is 0. The van der Waals surface area contributed by atoms with Gasteiger partial charge in [-0.2, -0.15) is 0 Å². The van der Waals surface area contributed by atoms with Crippen LogP contribution in [0.3, 0.4) is 0 Å². The maximum absolute atomic E-state index is 12.6. The Morgan fingerprint density at radius 1 is 1.32 bits per heavy atom. The summed E-state index contributed by atoms with van der Waals surface area (Å²) in [5.41, 5.74) is 5.46. The molecule has 2 aromatic heterocycles. The van der Waals surface area contributed by atoms with Gasteiger partial charge in [-0.1, -0.05) is 12.1 Å². The molecule has 1 atom stereocenters. The van der Waals surface area contributed by atoms with Gasteiger partial charge in [-0.15, -0.1) is 0 Å². The van der Waals surface area contributed by atoms with Crippen molar-refractivity contribution in [3.05, 3.63) is 47.3 Å². The lowest BCUT2D eigenvalue weighted by Gasteiger charge is -2.31. The number of nitrogens with one attached hydrogen (secondary N) is 2. The first-order valence-corrected chi connectivity index (χ1v) is 9.99. The Balaban J connectivity index is 1.36. The molecule has 1 fully saturated rings. The van der Waals surface area contributed by atoms with Crippen molar-refractivity contribution >= 4 is 17.1 Å². The molecule has 28 heavy (non-hydrogen) atoms. The van der Waals surface area contributed by atoms with E-state index in [1.165, 1.54) is 5.56 Å². The van der Waals surface area contributed by atoms with Crippen LogP contribution in [0.25, 0.3) is 11.0 Å². The lowest BCUT2D eigenvalue weighted by atomic mass is 9.97. The molecule has 1 aromatic carbocycles. The van der Waals surface area contributed by atoms with Crippen LogP contribution < -0.4 is 5.32 Å². The van der Waals surface area contributed by atoms with Crippen molar-refractivity contribution in [2.45, 2.75) is 46.1 Å². The lowest BCUT2D eigenvalue weighted by Crippen LogP contribution is -2.45. The molecular formula is C21H28N6O. The summed E-state index contributed by atoms with van der Waals surface area (Å²) < 4.78 is 2.07. The molecule has 1 saturated heterocycles. The number of hydrogen-bond donors (Lipinski definition) is 2. The molecule has 0 radical (unpaired) electrons. The third-order valence-corrected chi connectivity index (χ3v) is 5.80. The molecule has 7 nitrogen and oxygen atoms in total. The van der Waals surface area contributed by atoms with Gasteiger partial charge in [-0.3, -0.25) is 0 Å². The summed E-state index contributed by atoms with van der Waals surface area (Å²) in [6.45, 7) is 8.96. The number of carbonyl (C=O) groups is 1. The summed E-state index contributed by atoms with van der Waals surface area (Å²) in [5.74, 6) is 1.25. The zero-order chi connectivity index (χ0) is 19.7. The summed E-state index contributed by atoms with van der Waals surface area (Å²) in [5, 5.41) is 3.05. The van der Waals surface area contributed by atoms with Gasteiger partial charge in [-0.05, 0) is 45.2 Å². The number of amides is 2. The molecule has 0 saturated carbocycles. The number of imidazole rings is 2. The Labute approximate surface area is 165 Å². The van der Waals surface area contributed by atoms with Gasteiger partial charge < -0.3 is 19.8 Å². The summed E-state index contributed by atoms with van der Waals surface area (Å²) in [6, 6.07) is 6.19. The quantitative estimate of drug-likeness (QED) is 0.729. The first kappa shape index (κ1) is 18.5. The summed E-state index contributed by atoms with van der Waals surface area (Å²) in [6.07, 6.45) is 3.88. The van der Waals surface area contributed by atoms with Crippen molar-refractivity contribution < 1.29 is 4.79 Å². The molecule has 0 spiro atoms. The third-order valence-electron chi connectivity index (χ3n) is 5.80. The number of rotatable bonds is 4.